The maximum Gasteiger partial charge on any atom is 0.130 e. The van der Waals surface area contributed by atoms with E-state index in [2.05, 4.69) is 30.2 Å². The van der Waals surface area contributed by atoms with Crippen LogP contribution in [0, 0.1) is 13.8 Å². The molecular formula is C11H15N3. The summed E-state index contributed by atoms with van der Waals surface area (Å²) in [4.78, 5) is 4.38. The van der Waals surface area contributed by atoms with Crippen LogP contribution in [0.5, 0.6) is 0 Å². The number of aryl methyl sites for hydroxylation is 2. The lowest BCUT2D eigenvalue weighted by molar-refractivity contribution is 0.960. The van der Waals surface area contributed by atoms with Gasteiger partial charge >= 0.3 is 0 Å². The summed E-state index contributed by atoms with van der Waals surface area (Å²) in [5.41, 5.74) is 10.2. The first kappa shape index (κ1) is 9.06. The van der Waals surface area contributed by atoms with E-state index >= 15 is 0 Å². The number of anilines is 1. The summed E-state index contributed by atoms with van der Waals surface area (Å²) in [6.45, 7) is 5.89. The normalized spacial score (nSPS) is 15.1. The van der Waals surface area contributed by atoms with E-state index in [1.807, 2.05) is 6.07 Å². The third kappa shape index (κ3) is 1.45. The van der Waals surface area contributed by atoms with E-state index in [-0.39, 0.29) is 0 Å². The van der Waals surface area contributed by atoms with Crippen molar-refractivity contribution in [1.29, 1.82) is 0 Å². The van der Waals surface area contributed by atoms with Crippen molar-refractivity contribution in [3.63, 3.8) is 0 Å². The topological polar surface area (TPSA) is 50.4 Å². The maximum absolute atomic E-state index is 5.98. The van der Waals surface area contributed by atoms with Crippen LogP contribution in [-0.4, -0.2) is 18.9 Å². The Balaban J connectivity index is 2.52. The zero-order valence-corrected chi connectivity index (χ0v) is 8.59. The van der Waals surface area contributed by atoms with Crippen LogP contribution >= 0.6 is 0 Å². The predicted octanol–water partition coefficient (Wildman–Crippen LogP) is 1.24. The van der Waals surface area contributed by atoms with Gasteiger partial charge < -0.3 is 11.1 Å². The minimum atomic E-state index is 0.815. The second-order valence-electron chi connectivity index (χ2n) is 3.70. The fraction of sp³-hybridized carbons (Fsp3) is 0.364. The van der Waals surface area contributed by atoms with Crippen LogP contribution in [0.3, 0.4) is 0 Å². The molecular weight excluding hydrogens is 174 g/mol. The molecule has 1 aliphatic rings. The molecule has 0 unspecified atom stereocenters. The lowest BCUT2D eigenvalue weighted by atomic mass is 10.0. The third-order valence-corrected chi connectivity index (χ3v) is 2.42. The van der Waals surface area contributed by atoms with Gasteiger partial charge in [0.1, 0.15) is 5.84 Å². The van der Waals surface area contributed by atoms with Crippen LogP contribution in [0.1, 0.15) is 16.7 Å². The fourth-order valence-corrected chi connectivity index (χ4v) is 1.89. The molecule has 3 heteroatoms. The Labute approximate surface area is 84.0 Å². The highest BCUT2D eigenvalue weighted by Crippen LogP contribution is 2.20. The van der Waals surface area contributed by atoms with Crippen LogP contribution in [0.25, 0.3) is 0 Å². The Kier molecular flexibility index (Phi) is 2.15. The molecule has 0 aliphatic carbocycles. The van der Waals surface area contributed by atoms with Crippen LogP contribution in [0.15, 0.2) is 17.1 Å². The molecule has 0 amide bonds. The Morgan fingerprint density at radius 1 is 1.36 bits per heavy atom. The van der Waals surface area contributed by atoms with Gasteiger partial charge in [0.05, 0.1) is 6.54 Å². The highest BCUT2D eigenvalue weighted by molar-refractivity contribution is 6.05. The van der Waals surface area contributed by atoms with Gasteiger partial charge in [0, 0.05) is 17.8 Å². The van der Waals surface area contributed by atoms with Crippen LogP contribution in [0.2, 0.25) is 0 Å². The second-order valence-corrected chi connectivity index (χ2v) is 3.70. The van der Waals surface area contributed by atoms with Gasteiger partial charge in [-0.25, -0.2) is 0 Å². The molecule has 14 heavy (non-hydrogen) atoms. The number of aliphatic imine (C=N–C) groups is 1. The van der Waals surface area contributed by atoms with Crippen molar-refractivity contribution in [2.45, 2.75) is 13.8 Å². The molecule has 0 saturated heterocycles. The lowest BCUT2D eigenvalue weighted by Gasteiger charge is -2.11. The van der Waals surface area contributed by atoms with Gasteiger partial charge in [-0.2, -0.15) is 0 Å². The third-order valence-electron chi connectivity index (χ3n) is 2.42. The highest BCUT2D eigenvalue weighted by atomic mass is 15.1. The fourth-order valence-electron chi connectivity index (χ4n) is 1.89. The Hall–Kier alpha value is -1.51. The Morgan fingerprint density at radius 2 is 2.14 bits per heavy atom. The van der Waals surface area contributed by atoms with Crippen LogP contribution < -0.4 is 11.1 Å². The number of rotatable bonds is 1. The zero-order valence-electron chi connectivity index (χ0n) is 8.59. The molecule has 3 nitrogen and oxygen atoms in total. The first-order valence-electron chi connectivity index (χ1n) is 4.84. The predicted molar refractivity (Wildman–Crippen MR) is 59.7 cm³/mol. The number of benzene rings is 1. The zero-order chi connectivity index (χ0) is 10.1. The number of amidine groups is 1. The summed E-state index contributed by atoms with van der Waals surface area (Å²) < 4.78 is 0. The van der Waals surface area contributed by atoms with E-state index in [4.69, 9.17) is 5.73 Å². The number of nitrogen functional groups attached to an aromatic ring is 1. The molecule has 0 aromatic heterocycles. The van der Waals surface area contributed by atoms with E-state index in [9.17, 15) is 0 Å². The number of nitrogens with one attached hydrogen (secondary N) is 1. The van der Waals surface area contributed by atoms with Crippen molar-refractivity contribution in [2.75, 3.05) is 18.8 Å². The molecule has 0 spiro atoms. The summed E-state index contributed by atoms with van der Waals surface area (Å²) in [6, 6.07) is 4.12. The molecule has 3 N–H and O–H groups in total. The van der Waals surface area contributed by atoms with E-state index in [1.165, 1.54) is 11.1 Å². The number of nitrogens with zero attached hydrogens (tertiary/aromatic N) is 1. The monoisotopic (exact) mass is 189 g/mol. The van der Waals surface area contributed by atoms with Crippen molar-refractivity contribution < 1.29 is 0 Å². The standard InChI is InChI=1S/C11H15N3/c1-7-5-8(2)10(9(12)6-7)11-13-3-4-14-11/h5-6H,3-4,12H2,1-2H3,(H,13,14). The SMILES string of the molecule is Cc1cc(C)c(C2=NCCN2)c(N)c1. The Morgan fingerprint density at radius 3 is 2.71 bits per heavy atom. The molecule has 1 aromatic rings. The average Bonchev–Trinajstić information content (AvgIpc) is 2.54. The van der Waals surface area contributed by atoms with Gasteiger partial charge in [0.25, 0.3) is 0 Å². The molecule has 0 fully saturated rings. The van der Waals surface area contributed by atoms with Crippen molar-refractivity contribution in [3.8, 4) is 0 Å². The molecule has 74 valence electrons. The van der Waals surface area contributed by atoms with Crippen molar-refractivity contribution in [1.82, 2.24) is 5.32 Å². The molecule has 2 rings (SSSR count). The summed E-state index contributed by atoms with van der Waals surface area (Å²) in [7, 11) is 0. The molecule has 0 saturated carbocycles. The molecule has 0 radical (unpaired) electrons. The van der Waals surface area contributed by atoms with E-state index in [0.29, 0.717) is 0 Å². The number of nitrogens with two attached hydrogens (primary N) is 1. The number of hydrogen-bond donors (Lipinski definition) is 2. The molecule has 1 aliphatic heterocycles. The van der Waals surface area contributed by atoms with Gasteiger partial charge in [-0.1, -0.05) is 6.07 Å². The summed E-state index contributed by atoms with van der Waals surface area (Å²) >= 11 is 0. The molecule has 1 aromatic carbocycles. The molecule has 1 heterocycles. The quantitative estimate of drug-likeness (QED) is 0.653. The molecule has 0 bridgehead atoms. The minimum Gasteiger partial charge on any atom is -0.398 e. The van der Waals surface area contributed by atoms with E-state index in [1.54, 1.807) is 0 Å². The first-order chi connectivity index (χ1) is 6.68. The minimum absolute atomic E-state index is 0.815. The Bertz CT molecular complexity index is 371. The average molecular weight is 189 g/mol. The van der Waals surface area contributed by atoms with Gasteiger partial charge in [-0.15, -0.1) is 0 Å². The van der Waals surface area contributed by atoms with E-state index < -0.39 is 0 Å². The van der Waals surface area contributed by atoms with Crippen molar-refractivity contribution in [2.24, 2.45) is 4.99 Å². The van der Waals surface area contributed by atoms with Crippen LogP contribution in [0.4, 0.5) is 5.69 Å². The van der Waals surface area contributed by atoms with E-state index in [0.717, 1.165) is 30.2 Å². The van der Waals surface area contributed by atoms with Gasteiger partial charge in [-0.3, -0.25) is 4.99 Å². The second kappa shape index (κ2) is 3.33. The smallest absolute Gasteiger partial charge is 0.130 e. The first-order valence-corrected chi connectivity index (χ1v) is 4.84. The number of hydrogen-bond acceptors (Lipinski definition) is 3. The lowest BCUT2D eigenvalue weighted by Crippen LogP contribution is -2.21. The van der Waals surface area contributed by atoms with Gasteiger partial charge in [0.15, 0.2) is 0 Å². The summed E-state index contributed by atoms with van der Waals surface area (Å²) in [6.07, 6.45) is 0. The van der Waals surface area contributed by atoms with Crippen LogP contribution in [-0.2, 0) is 0 Å². The highest BCUT2D eigenvalue weighted by Gasteiger charge is 2.13. The van der Waals surface area contributed by atoms with Crippen molar-refractivity contribution in [3.05, 3.63) is 28.8 Å². The van der Waals surface area contributed by atoms with Gasteiger partial charge in [-0.05, 0) is 31.0 Å². The maximum atomic E-state index is 5.98. The van der Waals surface area contributed by atoms with Crippen molar-refractivity contribution >= 4 is 11.5 Å². The largest absolute Gasteiger partial charge is 0.398 e. The summed E-state index contributed by atoms with van der Waals surface area (Å²) in [5, 5.41) is 3.24. The summed E-state index contributed by atoms with van der Waals surface area (Å²) in [5.74, 6) is 0.944. The molecule has 0 atom stereocenters. The van der Waals surface area contributed by atoms with Gasteiger partial charge in [0.2, 0.25) is 0 Å².